The average Bonchev–Trinajstić information content (AvgIpc) is 3.00. The summed E-state index contributed by atoms with van der Waals surface area (Å²) in [4.78, 5) is 18.4. The van der Waals surface area contributed by atoms with Gasteiger partial charge in [-0.15, -0.1) is 0 Å². The van der Waals surface area contributed by atoms with Crippen molar-refractivity contribution in [3.05, 3.63) is 53.6 Å². The van der Waals surface area contributed by atoms with Crippen molar-refractivity contribution in [3.63, 3.8) is 0 Å². The van der Waals surface area contributed by atoms with Crippen molar-refractivity contribution in [1.29, 1.82) is 0 Å². The minimum atomic E-state index is -0.828. The molecule has 6 nitrogen and oxygen atoms in total. The lowest BCUT2D eigenvalue weighted by Gasteiger charge is -2.18. The van der Waals surface area contributed by atoms with Gasteiger partial charge in [0.2, 0.25) is 5.95 Å². The van der Waals surface area contributed by atoms with E-state index in [2.05, 4.69) is 10.1 Å². The molecule has 5 rings (SSSR count). The summed E-state index contributed by atoms with van der Waals surface area (Å²) in [6, 6.07) is 2.40. The molecule has 29 heavy (non-hydrogen) atoms. The van der Waals surface area contributed by atoms with Gasteiger partial charge < -0.3 is 0 Å². The number of benzene rings is 1. The van der Waals surface area contributed by atoms with Crippen LogP contribution in [0.1, 0.15) is 44.9 Å². The highest BCUT2D eigenvalue weighted by Crippen LogP contribution is 2.55. The second kappa shape index (κ2) is 5.52. The molecule has 1 saturated carbocycles. The highest BCUT2D eigenvalue weighted by molar-refractivity contribution is 6.09. The number of anilines is 2. The number of amides is 1. The Balaban J connectivity index is 1.60. The summed E-state index contributed by atoms with van der Waals surface area (Å²) < 4.78 is 33.5. The predicted octanol–water partition coefficient (Wildman–Crippen LogP) is 4.12. The zero-order valence-corrected chi connectivity index (χ0v) is 16.7. The first-order chi connectivity index (χ1) is 13.6. The number of carbonyl (C=O) groups is 1. The Bertz CT molecular complexity index is 1140. The van der Waals surface area contributed by atoms with Gasteiger partial charge in [0.05, 0.1) is 18.1 Å². The normalized spacial score (nSPS) is 17.3. The number of hydrogen-bond donors (Lipinski definition) is 0. The summed E-state index contributed by atoms with van der Waals surface area (Å²) in [5.74, 6) is -1.72. The number of aromatic nitrogens is 4. The zero-order chi connectivity index (χ0) is 20.7. The fourth-order valence-corrected chi connectivity index (χ4v) is 4.01. The molecule has 1 spiro atoms. The standard InChI is InChI=1S/C21H21F2N5O/c1-12-9-24-19-27(18(29)21(5-6-21)28(12)19)17-15(22)7-14(8-16(17)23)26-11-13(10-25-26)20(2,3)4/h7-11H,5-6H2,1-4H3. The van der Waals surface area contributed by atoms with Crippen LogP contribution in [-0.4, -0.2) is 25.2 Å². The number of imidazole rings is 1. The minimum absolute atomic E-state index is 0.134. The van der Waals surface area contributed by atoms with E-state index in [-0.39, 0.29) is 23.0 Å². The highest BCUT2D eigenvalue weighted by Gasteiger charge is 2.61. The maximum Gasteiger partial charge on any atom is 0.260 e. The molecule has 1 aromatic carbocycles. The van der Waals surface area contributed by atoms with Gasteiger partial charge in [0.25, 0.3) is 5.91 Å². The van der Waals surface area contributed by atoms with E-state index in [1.54, 1.807) is 23.2 Å². The van der Waals surface area contributed by atoms with Gasteiger partial charge in [0.15, 0.2) is 11.6 Å². The third-order valence-corrected chi connectivity index (χ3v) is 5.81. The lowest BCUT2D eigenvalue weighted by Crippen LogP contribution is -2.31. The molecule has 1 aliphatic heterocycles. The van der Waals surface area contributed by atoms with Gasteiger partial charge in [-0.1, -0.05) is 20.8 Å². The minimum Gasteiger partial charge on any atom is -0.299 e. The molecular formula is C21H21F2N5O. The maximum absolute atomic E-state index is 15.1. The molecule has 0 unspecified atom stereocenters. The molecule has 0 bridgehead atoms. The van der Waals surface area contributed by atoms with Crippen molar-refractivity contribution in [2.24, 2.45) is 0 Å². The lowest BCUT2D eigenvalue weighted by molar-refractivity contribution is -0.120. The molecule has 1 aliphatic carbocycles. The van der Waals surface area contributed by atoms with Crippen LogP contribution in [0.5, 0.6) is 0 Å². The van der Waals surface area contributed by atoms with Gasteiger partial charge >= 0.3 is 0 Å². The Hall–Kier alpha value is -3.03. The SMILES string of the molecule is Cc1cnc2n1C1(CC1)C(=O)N2c1c(F)cc(-n2cc(C(C)(C)C)cn2)cc1F. The molecule has 150 valence electrons. The molecule has 0 radical (unpaired) electrons. The van der Waals surface area contributed by atoms with Crippen molar-refractivity contribution in [1.82, 2.24) is 19.3 Å². The highest BCUT2D eigenvalue weighted by atomic mass is 19.1. The van der Waals surface area contributed by atoms with Gasteiger partial charge in [-0.25, -0.2) is 23.3 Å². The number of halogens is 2. The van der Waals surface area contributed by atoms with Crippen molar-refractivity contribution >= 4 is 17.5 Å². The molecule has 1 fully saturated rings. The Labute approximate surface area is 166 Å². The van der Waals surface area contributed by atoms with E-state index in [1.165, 1.54) is 16.8 Å². The van der Waals surface area contributed by atoms with E-state index in [0.29, 0.717) is 12.8 Å². The molecule has 0 N–H and O–H groups in total. The Morgan fingerprint density at radius 1 is 1.10 bits per heavy atom. The summed E-state index contributed by atoms with van der Waals surface area (Å²) in [5.41, 5.74) is 0.744. The van der Waals surface area contributed by atoms with E-state index < -0.39 is 22.9 Å². The quantitative estimate of drug-likeness (QED) is 0.654. The van der Waals surface area contributed by atoms with Crippen LogP contribution in [0, 0.1) is 18.6 Å². The zero-order valence-electron chi connectivity index (χ0n) is 16.7. The molecule has 2 aromatic heterocycles. The Morgan fingerprint density at radius 2 is 1.76 bits per heavy atom. The number of fused-ring (bicyclic) bond motifs is 2. The van der Waals surface area contributed by atoms with Crippen LogP contribution in [0.3, 0.4) is 0 Å². The van der Waals surface area contributed by atoms with Crippen LogP contribution < -0.4 is 4.90 Å². The van der Waals surface area contributed by atoms with Crippen molar-refractivity contribution < 1.29 is 13.6 Å². The van der Waals surface area contributed by atoms with E-state index >= 15 is 8.78 Å². The number of hydrogen-bond acceptors (Lipinski definition) is 3. The molecular weight excluding hydrogens is 376 g/mol. The van der Waals surface area contributed by atoms with Crippen molar-refractivity contribution in [3.8, 4) is 5.69 Å². The van der Waals surface area contributed by atoms with E-state index in [1.807, 2.05) is 27.7 Å². The molecule has 3 aromatic rings. The van der Waals surface area contributed by atoms with Crippen LogP contribution in [-0.2, 0) is 15.7 Å². The lowest BCUT2D eigenvalue weighted by atomic mass is 9.90. The molecule has 2 aliphatic rings. The first-order valence-electron chi connectivity index (χ1n) is 9.57. The fourth-order valence-electron chi connectivity index (χ4n) is 4.01. The molecule has 3 heterocycles. The number of carbonyl (C=O) groups excluding carboxylic acids is 1. The van der Waals surface area contributed by atoms with Crippen LogP contribution >= 0.6 is 0 Å². The third-order valence-electron chi connectivity index (χ3n) is 5.81. The van der Waals surface area contributed by atoms with Gasteiger partial charge in [0, 0.05) is 24.0 Å². The second-order valence-corrected chi connectivity index (χ2v) is 8.89. The number of rotatable bonds is 2. The topological polar surface area (TPSA) is 56.0 Å². The maximum atomic E-state index is 15.1. The Morgan fingerprint density at radius 3 is 2.31 bits per heavy atom. The van der Waals surface area contributed by atoms with Crippen LogP contribution in [0.4, 0.5) is 20.4 Å². The van der Waals surface area contributed by atoms with E-state index in [9.17, 15) is 4.79 Å². The van der Waals surface area contributed by atoms with Gasteiger partial charge in [-0.2, -0.15) is 5.10 Å². The summed E-state index contributed by atoms with van der Waals surface area (Å²) in [6.07, 6.45) is 6.36. The molecule has 1 amide bonds. The molecule has 0 saturated heterocycles. The summed E-state index contributed by atoms with van der Waals surface area (Å²) in [7, 11) is 0. The van der Waals surface area contributed by atoms with E-state index in [0.717, 1.165) is 16.2 Å². The molecule has 8 heteroatoms. The van der Waals surface area contributed by atoms with Gasteiger partial charge in [-0.3, -0.25) is 9.36 Å². The summed E-state index contributed by atoms with van der Waals surface area (Å²) in [6.45, 7) is 7.95. The van der Waals surface area contributed by atoms with Crippen molar-refractivity contribution in [2.45, 2.75) is 51.5 Å². The van der Waals surface area contributed by atoms with Crippen LogP contribution in [0.15, 0.2) is 30.7 Å². The smallest absolute Gasteiger partial charge is 0.260 e. The third kappa shape index (κ3) is 2.41. The first-order valence-corrected chi connectivity index (χ1v) is 9.57. The fraction of sp³-hybridized carbons (Fsp3) is 0.381. The van der Waals surface area contributed by atoms with Crippen LogP contribution in [0.25, 0.3) is 5.69 Å². The molecule has 0 atom stereocenters. The van der Waals surface area contributed by atoms with Gasteiger partial charge in [-0.05, 0) is 30.7 Å². The monoisotopic (exact) mass is 397 g/mol. The largest absolute Gasteiger partial charge is 0.299 e. The first kappa shape index (κ1) is 18.0. The van der Waals surface area contributed by atoms with Gasteiger partial charge in [0.1, 0.15) is 11.2 Å². The summed E-state index contributed by atoms with van der Waals surface area (Å²) >= 11 is 0. The second-order valence-electron chi connectivity index (χ2n) is 8.89. The number of aryl methyl sites for hydroxylation is 1. The van der Waals surface area contributed by atoms with E-state index in [4.69, 9.17) is 0 Å². The average molecular weight is 397 g/mol. The Kier molecular flexibility index (Phi) is 3.43. The predicted molar refractivity (Wildman–Crippen MR) is 103 cm³/mol. The summed E-state index contributed by atoms with van der Waals surface area (Å²) in [5, 5.41) is 4.24. The van der Waals surface area contributed by atoms with Crippen molar-refractivity contribution in [2.75, 3.05) is 4.90 Å². The number of nitrogens with zero attached hydrogens (tertiary/aromatic N) is 5. The van der Waals surface area contributed by atoms with Crippen LogP contribution in [0.2, 0.25) is 0 Å².